The van der Waals surface area contributed by atoms with Gasteiger partial charge in [-0.2, -0.15) is 5.10 Å². The van der Waals surface area contributed by atoms with Gasteiger partial charge < -0.3 is 9.47 Å². The average molecular weight is 371 g/mol. The van der Waals surface area contributed by atoms with Gasteiger partial charge in [-0.1, -0.05) is 0 Å². The van der Waals surface area contributed by atoms with Crippen LogP contribution in [0.2, 0.25) is 0 Å². The van der Waals surface area contributed by atoms with Crippen molar-refractivity contribution in [2.45, 2.75) is 45.6 Å². The molecule has 138 valence electrons. The fourth-order valence-electron chi connectivity index (χ4n) is 3.61. The Hall–Kier alpha value is -2.08. The van der Waals surface area contributed by atoms with Gasteiger partial charge in [0.15, 0.2) is 0 Å². The summed E-state index contributed by atoms with van der Waals surface area (Å²) >= 11 is 1.61. The molecule has 0 unspecified atom stereocenters. The van der Waals surface area contributed by atoms with Crippen molar-refractivity contribution < 1.29 is 4.79 Å². The van der Waals surface area contributed by atoms with Crippen molar-refractivity contribution in [1.82, 2.24) is 19.2 Å². The third-order valence-corrected chi connectivity index (χ3v) is 6.52. The molecule has 4 rings (SSSR count). The summed E-state index contributed by atoms with van der Waals surface area (Å²) in [6.45, 7) is 4.93. The highest BCUT2D eigenvalue weighted by molar-refractivity contribution is 7.20. The second kappa shape index (κ2) is 6.58. The Morgan fingerprint density at radius 1 is 1.35 bits per heavy atom. The van der Waals surface area contributed by atoms with Gasteiger partial charge in [0, 0.05) is 50.2 Å². The monoisotopic (exact) mass is 370 g/mol. The van der Waals surface area contributed by atoms with Gasteiger partial charge in [-0.3, -0.25) is 9.48 Å². The number of hydrogen-bond donors (Lipinski definition) is 0. The van der Waals surface area contributed by atoms with Crippen LogP contribution in [0.4, 0.5) is 0 Å². The Morgan fingerprint density at radius 3 is 2.73 bits per heavy atom. The minimum absolute atomic E-state index is 0.129. The van der Waals surface area contributed by atoms with Crippen LogP contribution in [0.3, 0.4) is 0 Å². The Bertz CT molecular complexity index is 929. The van der Waals surface area contributed by atoms with Gasteiger partial charge in [-0.15, -0.1) is 11.3 Å². The molecule has 0 saturated heterocycles. The zero-order valence-corrected chi connectivity index (χ0v) is 16.8. The molecule has 0 atom stereocenters. The summed E-state index contributed by atoms with van der Waals surface area (Å²) in [5.41, 5.74) is 3.63. The maximum Gasteiger partial charge on any atom is 0.263 e. The zero-order chi connectivity index (χ0) is 18.4. The van der Waals surface area contributed by atoms with Crippen molar-refractivity contribution in [2.75, 3.05) is 13.6 Å². The molecule has 0 aliphatic heterocycles. The smallest absolute Gasteiger partial charge is 0.263 e. The molecular formula is C20H26N4OS. The number of thiophene rings is 1. The van der Waals surface area contributed by atoms with Crippen LogP contribution in [0.1, 0.15) is 51.9 Å². The summed E-state index contributed by atoms with van der Waals surface area (Å²) in [6, 6.07) is 2.74. The molecule has 1 saturated carbocycles. The van der Waals surface area contributed by atoms with Crippen LogP contribution in [-0.4, -0.2) is 38.7 Å². The minimum atomic E-state index is 0.129. The summed E-state index contributed by atoms with van der Waals surface area (Å²) in [5.74, 6) is 0.129. The van der Waals surface area contributed by atoms with Crippen molar-refractivity contribution in [3.8, 4) is 0 Å². The SMILES string of the molecule is Cc1nn(C)c(C)c1CCCN(C)C(=O)c1cc2cn(C3CC3)cc2s1. The highest BCUT2D eigenvalue weighted by atomic mass is 32.1. The normalized spacial score (nSPS) is 14.3. The van der Waals surface area contributed by atoms with Gasteiger partial charge in [0.05, 0.1) is 15.3 Å². The van der Waals surface area contributed by atoms with E-state index in [-0.39, 0.29) is 5.91 Å². The van der Waals surface area contributed by atoms with Crippen molar-refractivity contribution in [1.29, 1.82) is 0 Å². The number of aromatic nitrogens is 3. The van der Waals surface area contributed by atoms with Gasteiger partial charge in [-0.25, -0.2) is 0 Å². The first-order chi connectivity index (χ1) is 12.4. The highest BCUT2D eigenvalue weighted by Gasteiger charge is 2.24. The van der Waals surface area contributed by atoms with Crippen LogP contribution >= 0.6 is 11.3 Å². The van der Waals surface area contributed by atoms with E-state index in [1.54, 1.807) is 11.3 Å². The molecule has 1 fully saturated rings. The Kier molecular flexibility index (Phi) is 4.39. The summed E-state index contributed by atoms with van der Waals surface area (Å²) in [6.07, 6.45) is 8.87. The molecule has 0 N–H and O–H groups in total. The number of fused-ring (bicyclic) bond motifs is 1. The Morgan fingerprint density at radius 2 is 2.12 bits per heavy atom. The number of hydrogen-bond acceptors (Lipinski definition) is 3. The number of carbonyl (C=O) groups is 1. The maximum absolute atomic E-state index is 12.7. The summed E-state index contributed by atoms with van der Waals surface area (Å²) in [4.78, 5) is 15.4. The van der Waals surface area contributed by atoms with Crippen molar-refractivity contribution in [3.05, 3.63) is 40.3 Å². The van der Waals surface area contributed by atoms with Crippen LogP contribution in [0, 0.1) is 13.8 Å². The molecule has 0 radical (unpaired) electrons. The number of nitrogens with zero attached hydrogens (tertiary/aromatic N) is 4. The van der Waals surface area contributed by atoms with E-state index in [0.717, 1.165) is 30.0 Å². The topological polar surface area (TPSA) is 43.1 Å². The second-order valence-corrected chi connectivity index (χ2v) is 8.55. The van der Waals surface area contributed by atoms with E-state index in [0.29, 0.717) is 6.04 Å². The van der Waals surface area contributed by atoms with Crippen molar-refractivity contribution in [3.63, 3.8) is 0 Å². The molecule has 1 aliphatic rings. The van der Waals surface area contributed by atoms with Crippen LogP contribution in [-0.2, 0) is 13.5 Å². The Labute approximate surface area is 158 Å². The minimum Gasteiger partial charge on any atom is -0.349 e. The lowest BCUT2D eigenvalue weighted by Crippen LogP contribution is -2.27. The van der Waals surface area contributed by atoms with Gasteiger partial charge in [-0.05, 0) is 51.2 Å². The molecular weight excluding hydrogens is 344 g/mol. The lowest BCUT2D eigenvalue weighted by molar-refractivity contribution is 0.0798. The fourth-order valence-corrected chi connectivity index (χ4v) is 4.67. The highest BCUT2D eigenvalue weighted by Crippen LogP contribution is 2.38. The standard InChI is InChI=1S/C20H26N4OS/c1-13-17(14(2)23(4)21-13)6-5-9-22(3)20(25)18-10-15-11-24(16-7-8-16)12-19(15)26-18/h10-12,16H,5-9H2,1-4H3. The molecule has 0 bridgehead atoms. The first-order valence-corrected chi connectivity index (χ1v) is 10.1. The lowest BCUT2D eigenvalue weighted by Gasteiger charge is -2.16. The number of amides is 1. The van der Waals surface area contributed by atoms with Crippen molar-refractivity contribution in [2.24, 2.45) is 7.05 Å². The van der Waals surface area contributed by atoms with Crippen LogP contribution in [0.15, 0.2) is 18.5 Å². The van der Waals surface area contributed by atoms with E-state index in [9.17, 15) is 4.79 Å². The second-order valence-electron chi connectivity index (χ2n) is 7.47. The molecule has 1 aliphatic carbocycles. The van der Waals surface area contributed by atoms with Gasteiger partial charge in [0.2, 0.25) is 0 Å². The van der Waals surface area contributed by atoms with E-state index in [2.05, 4.69) is 35.9 Å². The molecule has 3 aromatic heterocycles. The van der Waals surface area contributed by atoms with Gasteiger partial charge in [0.25, 0.3) is 5.91 Å². The van der Waals surface area contributed by atoms with Gasteiger partial charge in [0.1, 0.15) is 0 Å². The lowest BCUT2D eigenvalue weighted by atomic mass is 10.1. The van der Waals surface area contributed by atoms with E-state index >= 15 is 0 Å². The van der Waals surface area contributed by atoms with E-state index in [1.165, 1.54) is 34.2 Å². The number of carbonyl (C=O) groups excluding carboxylic acids is 1. The average Bonchev–Trinajstić information content (AvgIpc) is 3.19. The first kappa shape index (κ1) is 17.3. The third-order valence-electron chi connectivity index (χ3n) is 5.45. The molecule has 6 heteroatoms. The summed E-state index contributed by atoms with van der Waals surface area (Å²) in [5, 5.41) is 5.66. The molecule has 3 heterocycles. The molecule has 3 aromatic rings. The summed E-state index contributed by atoms with van der Waals surface area (Å²) in [7, 11) is 3.88. The predicted octanol–water partition coefficient (Wildman–Crippen LogP) is 4.09. The molecule has 5 nitrogen and oxygen atoms in total. The summed E-state index contributed by atoms with van der Waals surface area (Å²) < 4.78 is 5.46. The first-order valence-electron chi connectivity index (χ1n) is 9.29. The molecule has 0 aromatic carbocycles. The van der Waals surface area contributed by atoms with Crippen LogP contribution < -0.4 is 0 Å². The predicted molar refractivity (Wildman–Crippen MR) is 106 cm³/mol. The zero-order valence-electron chi connectivity index (χ0n) is 16.0. The number of aryl methyl sites for hydroxylation is 2. The van der Waals surface area contributed by atoms with Crippen molar-refractivity contribution >= 4 is 27.3 Å². The van der Waals surface area contributed by atoms with Crippen LogP contribution in [0.5, 0.6) is 0 Å². The van der Waals surface area contributed by atoms with E-state index in [4.69, 9.17) is 0 Å². The Balaban J connectivity index is 1.37. The maximum atomic E-state index is 12.7. The molecule has 26 heavy (non-hydrogen) atoms. The molecule has 1 amide bonds. The van der Waals surface area contributed by atoms with E-state index in [1.807, 2.05) is 29.7 Å². The largest absolute Gasteiger partial charge is 0.349 e. The van der Waals surface area contributed by atoms with E-state index < -0.39 is 0 Å². The number of rotatable bonds is 6. The molecule has 0 spiro atoms. The van der Waals surface area contributed by atoms with Crippen LogP contribution in [0.25, 0.3) is 10.1 Å². The van der Waals surface area contributed by atoms with Gasteiger partial charge >= 0.3 is 0 Å². The fraction of sp³-hybridized carbons (Fsp3) is 0.500. The third kappa shape index (κ3) is 3.18. The quantitative estimate of drug-likeness (QED) is 0.656.